The molecule has 0 fully saturated rings. The number of carboxylic acids is 1. The van der Waals surface area contributed by atoms with Crippen LogP contribution in [0.1, 0.15) is 29.6 Å². The van der Waals surface area contributed by atoms with Crippen LogP contribution in [0.4, 0.5) is 5.69 Å². The van der Waals surface area contributed by atoms with E-state index in [1.54, 1.807) is 6.07 Å². The number of allylic oxidation sites excluding steroid dienone is 2. The number of carbonyl (C=O) groups is 2. The summed E-state index contributed by atoms with van der Waals surface area (Å²) in [6.07, 6.45) is 6.48. The molecule has 5 heteroatoms. The number of methoxy groups -OCH3 is 1. The molecule has 1 atom stereocenters. The summed E-state index contributed by atoms with van der Waals surface area (Å²) in [6, 6.07) is 4.40. The predicted molar refractivity (Wildman–Crippen MR) is 75.1 cm³/mol. The highest BCUT2D eigenvalue weighted by Gasteiger charge is 2.20. The zero-order chi connectivity index (χ0) is 14.5. The number of nitrogens with one attached hydrogen (secondary N) is 1. The minimum absolute atomic E-state index is 0.0711. The number of hydrogen-bond acceptors (Lipinski definition) is 3. The molecule has 0 heterocycles. The molecule has 1 aliphatic rings. The van der Waals surface area contributed by atoms with Gasteiger partial charge in [-0.3, -0.25) is 4.79 Å². The zero-order valence-corrected chi connectivity index (χ0v) is 11.3. The van der Waals surface area contributed by atoms with Crippen molar-refractivity contribution in [2.24, 2.45) is 5.92 Å². The van der Waals surface area contributed by atoms with Gasteiger partial charge in [0.15, 0.2) is 0 Å². The van der Waals surface area contributed by atoms with Crippen molar-refractivity contribution in [3.05, 3.63) is 35.9 Å². The number of aromatic carboxylic acids is 1. The Hall–Kier alpha value is -2.30. The van der Waals surface area contributed by atoms with Crippen molar-refractivity contribution in [1.29, 1.82) is 0 Å². The highest BCUT2D eigenvalue weighted by Crippen LogP contribution is 2.27. The molecule has 5 nitrogen and oxygen atoms in total. The molecule has 1 aromatic carbocycles. The van der Waals surface area contributed by atoms with E-state index in [1.165, 1.54) is 19.2 Å². The second-order valence-corrected chi connectivity index (χ2v) is 4.69. The van der Waals surface area contributed by atoms with E-state index in [0.717, 1.165) is 12.8 Å². The lowest BCUT2D eigenvalue weighted by Crippen LogP contribution is -2.23. The molecule has 0 saturated carbocycles. The fourth-order valence-corrected chi connectivity index (χ4v) is 2.21. The highest BCUT2D eigenvalue weighted by molar-refractivity contribution is 5.96. The van der Waals surface area contributed by atoms with E-state index in [0.29, 0.717) is 17.9 Å². The molecule has 2 rings (SSSR count). The number of carboxylic acid groups (broad SMARTS) is 1. The first-order valence-corrected chi connectivity index (χ1v) is 6.49. The molecule has 0 bridgehead atoms. The number of carbonyl (C=O) groups excluding carboxylic acids is 1. The topological polar surface area (TPSA) is 75.6 Å². The average Bonchev–Trinajstić information content (AvgIpc) is 2.48. The molecule has 0 aliphatic heterocycles. The van der Waals surface area contributed by atoms with Crippen molar-refractivity contribution in [3.63, 3.8) is 0 Å². The number of rotatable bonds is 4. The summed E-state index contributed by atoms with van der Waals surface area (Å²) < 4.78 is 5.15. The maximum absolute atomic E-state index is 12.2. The van der Waals surface area contributed by atoms with Gasteiger partial charge in [0.1, 0.15) is 5.75 Å². The Morgan fingerprint density at radius 1 is 1.35 bits per heavy atom. The molecule has 20 heavy (non-hydrogen) atoms. The van der Waals surface area contributed by atoms with Gasteiger partial charge in [-0.25, -0.2) is 4.79 Å². The second kappa shape index (κ2) is 6.23. The van der Waals surface area contributed by atoms with Crippen LogP contribution >= 0.6 is 0 Å². The van der Waals surface area contributed by atoms with E-state index in [2.05, 4.69) is 11.4 Å². The van der Waals surface area contributed by atoms with E-state index >= 15 is 0 Å². The Bertz CT molecular complexity index is 551. The SMILES string of the molecule is COc1ccc(C(=O)O)cc1NC(=O)C1CC=CCC1. The summed E-state index contributed by atoms with van der Waals surface area (Å²) in [6.45, 7) is 0. The van der Waals surface area contributed by atoms with E-state index < -0.39 is 5.97 Å². The minimum atomic E-state index is -1.04. The molecule has 1 aliphatic carbocycles. The van der Waals surface area contributed by atoms with Crippen LogP contribution in [0.5, 0.6) is 5.75 Å². The molecule has 1 unspecified atom stereocenters. The first kappa shape index (κ1) is 14.1. The lowest BCUT2D eigenvalue weighted by Gasteiger charge is -2.18. The molecule has 1 amide bonds. The normalized spacial score (nSPS) is 17.6. The Morgan fingerprint density at radius 2 is 2.15 bits per heavy atom. The van der Waals surface area contributed by atoms with Crippen molar-refractivity contribution in [3.8, 4) is 5.75 Å². The number of anilines is 1. The zero-order valence-electron chi connectivity index (χ0n) is 11.3. The number of benzene rings is 1. The fourth-order valence-electron chi connectivity index (χ4n) is 2.21. The van der Waals surface area contributed by atoms with Crippen LogP contribution < -0.4 is 10.1 Å². The van der Waals surface area contributed by atoms with Gasteiger partial charge in [0.2, 0.25) is 5.91 Å². The predicted octanol–water partition coefficient (Wildman–Crippen LogP) is 2.69. The van der Waals surface area contributed by atoms with Gasteiger partial charge in [-0.2, -0.15) is 0 Å². The Labute approximate surface area is 117 Å². The van der Waals surface area contributed by atoms with Crippen molar-refractivity contribution in [2.45, 2.75) is 19.3 Å². The molecule has 0 aromatic heterocycles. The lowest BCUT2D eigenvalue weighted by atomic mass is 9.93. The third-order valence-corrected chi connectivity index (χ3v) is 3.34. The maximum Gasteiger partial charge on any atom is 0.335 e. The summed E-state index contributed by atoms with van der Waals surface area (Å²) in [4.78, 5) is 23.1. The summed E-state index contributed by atoms with van der Waals surface area (Å²) in [5.74, 6) is -0.758. The van der Waals surface area contributed by atoms with Gasteiger partial charge in [0, 0.05) is 5.92 Å². The van der Waals surface area contributed by atoms with Crippen molar-refractivity contribution in [2.75, 3.05) is 12.4 Å². The van der Waals surface area contributed by atoms with Crippen LogP contribution in [0.3, 0.4) is 0 Å². The van der Waals surface area contributed by atoms with Gasteiger partial charge in [-0.05, 0) is 37.5 Å². The van der Waals surface area contributed by atoms with Gasteiger partial charge in [0.05, 0.1) is 18.4 Å². The van der Waals surface area contributed by atoms with Gasteiger partial charge in [-0.1, -0.05) is 12.2 Å². The largest absolute Gasteiger partial charge is 0.495 e. The molecule has 2 N–H and O–H groups in total. The van der Waals surface area contributed by atoms with Crippen LogP contribution in [0, 0.1) is 5.92 Å². The van der Waals surface area contributed by atoms with Gasteiger partial charge < -0.3 is 15.2 Å². The maximum atomic E-state index is 12.2. The lowest BCUT2D eigenvalue weighted by molar-refractivity contribution is -0.120. The fraction of sp³-hybridized carbons (Fsp3) is 0.333. The summed E-state index contributed by atoms with van der Waals surface area (Å²) in [5, 5.41) is 11.8. The summed E-state index contributed by atoms with van der Waals surface area (Å²) in [5.41, 5.74) is 0.511. The molecule has 1 aromatic rings. The van der Waals surface area contributed by atoms with E-state index in [9.17, 15) is 9.59 Å². The molecular weight excluding hydrogens is 258 g/mol. The smallest absolute Gasteiger partial charge is 0.335 e. The molecule has 0 saturated heterocycles. The van der Waals surface area contributed by atoms with Gasteiger partial charge >= 0.3 is 5.97 Å². The van der Waals surface area contributed by atoms with Crippen molar-refractivity contribution in [1.82, 2.24) is 0 Å². The quantitative estimate of drug-likeness (QED) is 0.828. The monoisotopic (exact) mass is 275 g/mol. The molecule has 0 radical (unpaired) electrons. The van der Waals surface area contributed by atoms with E-state index in [-0.39, 0.29) is 17.4 Å². The standard InChI is InChI=1S/C15H17NO4/c1-20-13-8-7-11(15(18)19)9-12(13)16-14(17)10-5-3-2-4-6-10/h2-3,7-10H,4-6H2,1H3,(H,16,17)(H,18,19). The third kappa shape index (κ3) is 3.17. The molecular formula is C15H17NO4. The highest BCUT2D eigenvalue weighted by atomic mass is 16.5. The molecule has 106 valence electrons. The van der Waals surface area contributed by atoms with E-state index in [1.807, 2.05) is 6.08 Å². The summed E-state index contributed by atoms with van der Waals surface area (Å²) >= 11 is 0. The summed E-state index contributed by atoms with van der Waals surface area (Å²) in [7, 11) is 1.48. The first-order chi connectivity index (χ1) is 9.61. The van der Waals surface area contributed by atoms with Crippen LogP contribution in [0.2, 0.25) is 0 Å². The number of amides is 1. The second-order valence-electron chi connectivity index (χ2n) is 4.69. The first-order valence-electron chi connectivity index (χ1n) is 6.49. The Kier molecular flexibility index (Phi) is 4.40. The van der Waals surface area contributed by atoms with Crippen LogP contribution in [-0.4, -0.2) is 24.1 Å². The van der Waals surface area contributed by atoms with Crippen LogP contribution in [0.15, 0.2) is 30.4 Å². The van der Waals surface area contributed by atoms with E-state index in [4.69, 9.17) is 9.84 Å². The number of ether oxygens (including phenoxy) is 1. The van der Waals surface area contributed by atoms with Crippen molar-refractivity contribution >= 4 is 17.6 Å². The van der Waals surface area contributed by atoms with Crippen LogP contribution in [0.25, 0.3) is 0 Å². The van der Waals surface area contributed by atoms with Gasteiger partial charge in [-0.15, -0.1) is 0 Å². The average molecular weight is 275 g/mol. The molecule has 0 spiro atoms. The van der Waals surface area contributed by atoms with Crippen molar-refractivity contribution < 1.29 is 19.4 Å². The minimum Gasteiger partial charge on any atom is -0.495 e. The van der Waals surface area contributed by atoms with Gasteiger partial charge in [0.25, 0.3) is 0 Å². The third-order valence-electron chi connectivity index (χ3n) is 3.34. The Morgan fingerprint density at radius 3 is 2.75 bits per heavy atom. The Balaban J connectivity index is 2.18. The number of hydrogen-bond donors (Lipinski definition) is 2. The van der Waals surface area contributed by atoms with Crippen LogP contribution in [-0.2, 0) is 4.79 Å².